The number of nitrogens with two attached hydrogens (primary N) is 1. The second-order valence-corrected chi connectivity index (χ2v) is 6.61. The molecule has 1 amide bonds. The van der Waals surface area contributed by atoms with Gasteiger partial charge in [0.25, 0.3) is 0 Å². The molecule has 5 nitrogen and oxygen atoms in total. The number of thiophene rings is 1. The number of amides is 1. The van der Waals surface area contributed by atoms with Gasteiger partial charge in [0.15, 0.2) is 0 Å². The number of rotatable bonds is 6. The molecule has 2 rings (SSSR count). The number of carbonyl (C=O) groups excluding carboxylic acids is 2. The Hall–Kier alpha value is -1.40. The summed E-state index contributed by atoms with van der Waals surface area (Å²) >= 11 is 1.42. The minimum atomic E-state index is -0.394. The van der Waals surface area contributed by atoms with Crippen molar-refractivity contribution < 1.29 is 14.3 Å². The molecule has 0 atom stereocenters. The summed E-state index contributed by atoms with van der Waals surface area (Å²) < 4.78 is 5.03. The molecule has 3 N–H and O–H groups in total. The highest BCUT2D eigenvalue weighted by atomic mass is 32.1. The van der Waals surface area contributed by atoms with Crippen LogP contribution in [0.1, 0.15) is 54.8 Å². The van der Waals surface area contributed by atoms with Crippen LogP contribution in [0.2, 0.25) is 0 Å². The number of anilines is 1. The average molecular weight is 310 g/mol. The Labute approximate surface area is 128 Å². The van der Waals surface area contributed by atoms with E-state index in [4.69, 9.17) is 10.5 Å². The smallest absolute Gasteiger partial charge is 0.341 e. The normalized spacial score (nSPS) is 16.1. The second-order valence-electron chi connectivity index (χ2n) is 5.47. The molecule has 0 unspecified atom stereocenters. The molecule has 1 saturated carbocycles. The highest BCUT2D eigenvalue weighted by molar-refractivity contribution is 7.16. The summed E-state index contributed by atoms with van der Waals surface area (Å²) in [4.78, 5) is 25.1. The summed E-state index contributed by atoms with van der Waals surface area (Å²) in [6.45, 7) is 4.09. The van der Waals surface area contributed by atoms with E-state index in [1.165, 1.54) is 11.3 Å². The molecule has 0 saturated heterocycles. The molecule has 0 radical (unpaired) electrons. The van der Waals surface area contributed by atoms with Gasteiger partial charge in [0.05, 0.1) is 12.2 Å². The van der Waals surface area contributed by atoms with Gasteiger partial charge < -0.3 is 15.8 Å². The van der Waals surface area contributed by atoms with Crippen LogP contribution in [0.4, 0.5) is 5.00 Å². The molecule has 0 aliphatic heterocycles. The van der Waals surface area contributed by atoms with E-state index in [0.29, 0.717) is 23.6 Å². The van der Waals surface area contributed by atoms with Gasteiger partial charge in [-0.05, 0) is 38.7 Å². The number of ether oxygens (including phenoxy) is 1. The first kappa shape index (κ1) is 16.0. The lowest BCUT2D eigenvalue weighted by atomic mass is 9.75. The van der Waals surface area contributed by atoms with Crippen molar-refractivity contribution in [1.82, 2.24) is 0 Å². The van der Waals surface area contributed by atoms with Crippen molar-refractivity contribution in [2.24, 2.45) is 5.73 Å². The zero-order valence-corrected chi connectivity index (χ0v) is 13.3. The van der Waals surface area contributed by atoms with Gasteiger partial charge >= 0.3 is 5.97 Å². The van der Waals surface area contributed by atoms with E-state index in [-0.39, 0.29) is 11.4 Å². The van der Waals surface area contributed by atoms with Gasteiger partial charge in [-0.3, -0.25) is 4.79 Å². The molecular weight excluding hydrogens is 288 g/mol. The minimum Gasteiger partial charge on any atom is -0.462 e. The summed E-state index contributed by atoms with van der Waals surface area (Å²) in [6.07, 6.45) is 3.96. The predicted molar refractivity (Wildman–Crippen MR) is 83.7 cm³/mol. The van der Waals surface area contributed by atoms with Crippen molar-refractivity contribution >= 4 is 28.2 Å². The van der Waals surface area contributed by atoms with Crippen molar-refractivity contribution in [2.75, 3.05) is 11.9 Å². The first-order chi connectivity index (χ1) is 9.97. The Morgan fingerprint density at radius 3 is 2.67 bits per heavy atom. The third-order valence-electron chi connectivity index (χ3n) is 3.74. The van der Waals surface area contributed by atoms with Crippen LogP contribution in [0.3, 0.4) is 0 Å². The van der Waals surface area contributed by atoms with Gasteiger partial charge in [0, 0.05) is 16.8 Å². The fourth-order valence-electron chi connectivity index (χ4n) is 2.37. The minimum absolute atomic E-state index is 0.132. The molecule has 6 heteroatoms. The summed E-state index contributed by atoms with van der Waals surface area (Å²) in [6, 6.07) is 1.79. The number of nitrogens with one attached hydrogen (secondary N) is 1. The van der Waals surface area contributed by atoms with Crippen LogP contribution in [0.25, 0.3) is 0 Å². The summed E-state index contributed by atoms with van der Waals surface area (Å²) in [5, 5.41) is 3.40. The highest BCUT2D eigenvalue weighted by Gasteiger charge is 2.35. The van der Waals surface area contributed by atoms with E-state index in [1.54, 1.807) is 13.0 Å². The fraction of sp³-hybridized carbons (Fsp3) is 0.600. The van der Waals surface area contributed by atoms with Crippen LogP contribution in [0.5, 0.6) is 0 Å². The Bertz CT molecular complexity index is 535. The third-order valence-corrected chi connectivity index (χ3v) is 4.94. The molecular formula is C15H22N2O3S. The van der Waals surface area contributed by atoms with Crippen LogP contribution in [-0.4, -0.2) is 24.0 Å². The maximum Gasteiger partial charge on any atom is 0.341 e. The molecule has 0 bridgehead atoms. The van der Waals surface area contributed by atoms with Crippen molar-refractivity contribution in [3.63, 3.8) is 0 Å². The quantitative estimate of drug-likeness (QED) is 0.792. The first-order valence-electron chi connectivity index (χ1n) is 7.36. The molecule has 1 aromatic rings. The average Bonchev–Trinajstić information content (AvgIpc) is 2.80. The lowest BCUT2D eigenvalue weighted by Gasteiger charge is -2.37. The molecule has 0 spiro atoms. The van der Waals surface area contributed by atoms with E-state index in [2.05, 4.69) is 5.32 Å². The van der Waals surface area contributed by atoms with Gasteiger partial charge in [-0.15, -0.1) is 11.3 Å². The predicted octanol–water partition coefficient (Wildman–Crippen LogP) is 2.70. The fourth-order valence-corrected chi connectivity index (χ4v) is 3.37. The van der Waals surface area contributed by atoms with Crippen LogP contribution in [-0.2, 0) is 16.0 Å². The standard InChI is InChI=1S/C15H22N2O3S/c1-3-10-8-11(14(19)20-4-2)13(21-10)17-12(18)9-15(16)6-5-7-15/h8H,3-7,9,16H2,1-2H3,(H,17,18). The monoisotopic (exact) mass is 310 g/mol. The molecule has 1 aromatic heterocycles. The Balaban J connectivity index is 2.08. The van der Waals surface area contributed by atoms with Crippen LogP contribution >= 0.6 is 11.3 Å². The molecule has 1 fully saturated rings. The molecule has 1 aliphatic rings. The SMILES string of the molecule is CCOC(=O)c1cc(CC)sc1NC(=O)CC1(N)CCC1. The highest BCUT2D eigenvalue weighted by Crippen LogP contribution is 2.34. The van der Waals surface area contributed by atoms with Crippen molar-refractivity contribution in [3.05, 3.63) is 16.5 Å². The van der Waals surface area contributed by atoms with Gasteiger partial charge in [-0.1, -0.05) is 6.92 Å². The summed E-state index contributed by atoms with van der Waals surface area (Å²) in [5.74, 6) is -0.526. The Morgan fingerprint density at radius 2 is 2.14 bits per heavy atom. The number of carbonyl (C=O) groups is 2. The van der Waals surface area contributed by atoms with Crippen molar-refractivity contribution in [3.8, 4) is 0 Å². The van der Waals surface area contributed by atoms with E-state index in [1.807, 2.05) is 6.92 Å². The molecule has 1 heterocycles. The second kappa shape index (κ2) is 6.58. The number of esters is 1. The summed E-state index contributed by atoms with van der Waals surface area (Å²) in [5.41, 5.74) is 6.16. The van der Waals surface area contributed by atoms with E-state index >= 15 is 0 Å². The molecule has 21 heavy (non-hydrogen) atoms. The van der Waals surface area contributed by atoms with Crippen LogP contribution in [0.15, 0.2) is 6.07 Å². The van der Waals surface area contributed by atoms with Crippen LogP contribution in [0, 0.1) is 0 Å². The maximum absolute atomic E-state index is 12.1. The molecule has 0 aromatic carbocycles. The number of hydrogen-bond acceptors (Lipinski definition) is 5. The van der Waals surface area contributed by atoms with Gasteiger partial charge in [0.1, 0.15) is 5.00 Å². The van der Waals surface area contributed by atoms with Crippen molar-refractivity contribution in [1.29, 1.82) is 0 Å². The van der Waals surface area contributed by atoms with Crippen LogP contribution < -0.4 is 11.1 Å². The Kier molecular flexibility index (Phi) is 5.00. The van der Waals surface area contributed by atoms with E-state index in [9.17, 15) is 9.59 Å². The van der Waals surface area contributed by atoms with Crippen molar-refractivity contribution in [2.45, 2.75) is 51.5 Å². The lowest BCUT2D eigenvalue weighted by Crippen LogP contribution is -2.48. The number of aryl methyl sites for hydroxylation is 1. The topological polar surface area (TPSA) is 81.4 Å². The Morgan fingerprint density at radius 1 is 1.43 bits per heavy atom. The van der Waals surface area contributed by atoms with Gasteiger partial charge in [0.2, 0.25) is 5.91 Å². The lowest BCUT2D eigenvalue weighted by molar-refractivity contribution is -0.118. The zero-order chi connectivity index (χ0) is 15.5. The largest absolute Gasteiger partial charge is 0.462 e. The molecule has 1 aliphatic carbocycles. The first-order valence-corrected chi connectivity index (χ1v) is 8.17. The zero-order valence-electron chi connectivity index (χ0n) is 12.5. The number of hydrogen-bond donors (Lipinski definition) is 2. The van der Waals surface area contributed by atoms with Gasteiger partial charge in [-0.2, -0.15) is 0 Å². The summed E-state index contributed by atoms with van der Waals surface area (Å²) in [7, 11) is 0. The van der Waals surface area contributed by atoms with E-state index < -0.39 is 5.97 Å². The molecule has 116 valence electrons. The van der Waals surface area contributed by atoms with E-state index in [0.717, 1.165) is 30.6 Å². The third kappa shape index (κ3) is 3.83. The van der Waals surface area contributed by atoms with Gasteiger partial charge in [-0.25, -0.2) is 4.79 Å². The maximum atomic E-state index is 12.1.